The van der Waals surface area contributed by atoms with Crippen LogP contribution in [-0.2, 0) is 35.1 Å². The summed E-state index contributed by atoms with van der Waals surface area (Å²) in [4.78, 5) is 23.6. The lowest BCUT2D eigenvalue weighted by molar-refractivity contribution is -0.146. The Hall–Kier alpha value is -2.36. The minimum Gasteiger partial charge on any atom is -0.462 e. The molecule has 0 spiro atoms. The molecular formula is C37H70N4O10. The number of alkyl carbamates (subject to hydrolysis) is 1. The van der Waals surface area contributed by atoms with Crippen molar-refractivity contribution in [3.63, 3.8) is 0 Å². The Balaban J connectivity index is 2.25. The van der Waals surface area contributed by atoms with Crippen LogP contribution in [0.25, 0.3) is 0 Å². The number of aliphatic hydroxyl groups is 3. The van der Waals surface area contributed by atoms with Gasteiger partial charge < -0.3 is 44.3 Å². The van der Waals surface area contributed by atoms with Crippen molar-refractivity contribution >= 4 is 12.1 Å². The van der Waals surface area contributed by atoms with Crippen molar-refractivity contribution in [1.82, 2.24) is 20.3 Å². The van der Waals surface area contributed by atoms with E-state index in [9.17, 15) is 19.8 Å². The Morgan fingerprint density at radius 1 is 0.765 bits per heavy atom. The molecule has 51 heavy (non-hydrogen) atoms. The third-order valence-electron chi connectivity index (χ3n) is 7.99. The van der Waals surface area contributed by atoms with E-state index < -0.39 is 49.1 Å². The molecule has 1 aromatic rings. The predicted octanol–water partition coefficient (Wildman–Crippen LogP) is 5.41. The zero-order valence-corrected chi connectivity index (χ0v) is 32.0. The summed E-state index contributed by atoms with van der Waals surface area (Å²) in [5, 5.41) is 39.6. The molecule has 0 aliphatic carbocycles. The summed E-state index contributed by atoms with van der Waals surface area (Å²) >= 11 is 0. The van der Waals surface area contributed by atoms with Gasteiger partial charge in [0.05, 0.1) is 45.8 Å². The molecule has 0 fully saturated rings. The van der Waals surface area contributed by atoms with Gasteiger partial charge in [-0.3, -0.25) is 4.79 Å². The number of carbonyl (C=O) groups is 2. The van der Waals surface area contributed by atoms with Crippen molar-refractivity contribution in [3.8, 4) is 0 Å². The normalized spacial score (nSPS) is 13.5. The average molecular weight is 731 g/mol. The highest BCUT2D eigenvalue weighted by Crippen LogP contribution is 2.14. The van der Waals surface area contributed by atoms with Crippen LogP contribution >= 0.6 is 0 Å². The summed E-state index contributed by atoms with van der Waals surface area (Å²) in [5.41, 5.74) is -0.0471. The zero-order valence-electron chi connectivity index (χ0n) is 32.0. The van der Waals surface area contributed by atoms with Crippen LogP contribution in [0.4, 0.5) is 4.79 Å². The molecule has 0 saturated heterocycles. The lowest BCUT2D eigenvalue weighted by Crippen LogP contribution is -2.37. The number of aliphatic hydroxyl groups excluding tert-OH is 3. The van der Waals surface area contributed by atoms with E-state index in [1.54, 1.807) is 31.6 Å². The molecule has 298 valence electrons. The Morgan fingerprint density at radius 2 is 1.29 bits per heavy atom. The largest absolute Gasteiger partial charge is 0.462 e. The quantitative estimate of drug-likeness (QED) is 0.0534. The molecule has 1 heterocycles. The number of hydrogen-bond acceptors (Lipinski definition) is 12. The molecule has 3 atom stereocenters. The number of nitrogens with zero attached hydrogens (tertiary/aromatic N) is 3. The van der Waals surface area contributed by atoms with E-state index >= 15 is 0 Å². The first-order chi connectivity index (χ1) is 24.5. The number of esters is 1. The van der Waals surface area contributed by atoms with E-state index in [1.165, 1.54) is 89.9 Å². The van der Waals surface area contributed by atoms with Crippen molar-refractivity contribution in [2.24, 2.45) is 0 Å². The molecule has 3 unspecified atom stereocenters. The monoisotopic (exact) mass is 731 g/mol. The second-order valence-corrected chi connectivity index (χ2v) is 14.3. The summed E-state index contributed by atoms with van der Waals surface area (Å²) in [5.74, 6) is -0.735. The number of hydrogen-bond donors (Lipinski definition) is 4. The summed E-state index contributed by atoms with van der Waals surface area (Å²) in [6, 6.07) is -0.453. The Kier molecular flexibility index (Phi) is 27.6. The number of ether oxygens (including phenoxy) is 5. The molecule has 14 nitrogen and oxygen atoms in total. The summed E-state index contributed by atoms with van der Waals surface area (Å²) in [6.45, 7) is 7.14. The van der Waals surface area contributed by atoms with Crippen LogP contribution in [0.1, 0.15) is 142 Å². The number of carbonyl (C=O) groups excluding carboxylic acids is 2. The number of aromatic nitrogens is 3. The van der Waals surface area contributed by atoms with E-state index in [0.29, 0.717) is 18.9 Å². The second-order valence-electron chi connectivity index (χ2n) is 14.3. The van der Waals surface area contributed by atoms with Gasteiger partial charge >= 0.3 is 12.1 Å². The molecule has 1 rings (SSSR count). The van der Waals surface area contributed by atoms with E-state index in [4.69, 9.17) is 28.8 Å². The van der Waals surface area contributed by atoms with Gasteiger partial charge in [0.15, 0.2) is 0 Å². The molecule has 1 aromatic heterocycles. The standard InChI is InChI=1S/C37H70N4O10/c1-5-6-7-8-9-10-11-12-13-14-15-16-17-18-19-20-21-47-25-31-23-41(40-39-31)32(26-48-28-33(43)24-42)27-49-29-34(44)30-50-35(45)22-38-36(46)51-37(2,3)4/h23,32-34,42-44H,5-22,24-30H2,1-4H3,(H,38,46). The molecule has 0 saturated carbocycles. The molecule has 0 aliphatic heterocycles. The van der Waals surface area contributed by atoms with Crippen LogP contribution in [0.3, 0.4) is 0 Å². The number of amides is 1. The van der Waals surface area contributed by atoms with Gasteiger partial charge in [0.2, 0.25) is 0 Å². The highest BCUT2D eigenvalue weighted by atomic mass is 16.6. The summed E-state index contributed by atoms with van der Waals surface area (Å²) < 4.78 is 28.6. The summed E-state index contributed by atoms with van der Waals surface area (Å²) in [7, 11) is 0. The van der Waals surface area contributed by atoms with Gasteiger partial charge in [-0.25, -0.2) is 9.48 Å². The van der Waals surface area contributed by atoms with Crippen molar-refractivity contribution in [2.45, 2.75) is 161 Å². The molecule has 0 aliphatic rings. The third kappa shape index (κ3) is 27.9. The van der Waals surface area contributed by atoms with E-state index in [-0.39, 0.29) is 33.0 Å². The zero-order chi connectivity index (χ0) is 37.6. The van der Waals surface area contributed by atoms with Crippen molar-refractivity contribution in [1.29, 1.82) is 0 Å². The predicted molar refractivity (Wildman–Crippen MR) is 194 cm³/mol. The smallest absolute Gasteiger partial charge is 0.408 e. The molecule has 0 radical (unpaired) electrons. The van der Waals surface area contributed by atoms with Crippen LogP contribution in [0.15, 0.2) is 6.20 Å². The average Bonchev–Trinajstić information content (AvgIpc) is 3.56. The van der Waals surface area contributed by atoms with Crippen molar-refractivity contribution in [3.05, 3.63) is 11.9 Å². The van der Waals surface area contributed by atoms with Gasteiger partial charge in [0, 0.05) is 6.61 Å². The molecular weight excluding hydrogens is 660 g/mol. The first-order valence-electron chi connectivity index (χ1n) is 19.3. The first kappa shape index (κ1) is 46.7. The van der Waals surface area contributed by atoms with Crippen molar-refractivity contribution in [2.75, 3.05) is 52.8 Å². The van der Waals surface area contributed by atoms with Crippen LogP contribution in [-0.4, -0.2) is 113 Å². The Bertz CT molecular complexity index is 991. The molecule has 0 bridgehead atoms. The molecule has 0 aromatic carbocycles. The van der Waals surface area contributed by atoms with E-state index in [0.717, 1.165) is 12.8 Å². The maximum absolute atomic E-state index is 11.9. The molecule has 4 N–H and O–H groups in total. The maximum Gasteiger partial charge on any atom is 0.408 e. The topological polar surface area (TPSA) is 184 Å². The van der Waals surface area contributed by atoms with Gasteiger partial charge in [-0.05, 0) is 27.2 Å². The molecule has 1 amide bonds. The lowest BCUT2D eigenvalue weighted by atomic mass is 10.0. The number of nitrogens with one attached hydrogen (secondary N) is 1. The fraction of sp³-hybridized carbons (Fsp3) is 0.892. The SMILES string of the molecule is CCCCCCCCCCCCCCCCCCOCc1cn(C(COCC(O)CO)COCC(O)COC(=O)CNC(=O)OC(C)(C)C)nn1. The van der Waals surface area contributed by atoms with Crippen LogP contribution in [0.5, 0.6) is 0 Å². The van der Waals surface area contributed by atoms with Gasteiger partial charge in [-0.15, -0.1) is 5.10 Å². The van der Waals surface area contributed by atoms with Gasteiger partial charge in [-0.1, -0.05) is 108 Å². The van der Waals surface area contributed by atoms with Gasteiger partial charge in [-0.2, -0.15) is 0 Å². The van der Waals surface area contributed by atoms with Crippen LogP contribution in [0.2, 0.25) is 0 Å². The minimum absolute atomic E-state index is 0.0727. The van der Waals surface area contributed by atoms with Crippen LogP contribution in [0, 0.1) is 0 Å². The van der Waals surface area contributed by atoms with Gasteiger partial charge in [0.25, 0.3) is 0 Å². The Labute approximate surface area is 306 Å². The Morgan fingerprint density at radius 3 is 1.82 bits per heavy atom. The third-order valence-corrected chi connectivity index (χ3v) is 7.99. The minimum atomic E-state index is -1.11. The van der Waals surface area contributed by atoms with Crippen LogP contribution < -0.4 is 5.32 Å². The van der Waals surface area contributed by atoms with Crippen molar-refractivity contribution < 1.29 is 48.6 Å². The maximum atomic E-state index is 11.9. The summed E-state index contributed by atoms with van der Waals surface area (Å²) in [6.07, 6.45) is 20.0. The highest BCUT2D eigenvalue weighted by molar-refractivity contribution is 5.78. The number of rotatable bonds is 33. The fourth-order valence-corrected chi connectivity index (χ4v) is 5.17. The highest BCUT2D eigenvalue weighted by Gasteiger charge is 2.19. The lowest BCUT2D eigenvalue weighted by Gasteiger charge is -2.20. The first-order valence-corrected chi connectivity index (χ1v) is 19.3. The second kappa shape index (κ2) is 30.1. The molecule has 14 heteroatoms. The fourth-order valence-electron chi connectivity index (χ4n) is 5.17. The number of unbranched alkanes of at least 4 members (excludes halogenated alkanes) is 15. The van der Waals surface area contributed by atoms with E-state index in [1.807, 2.05) is 0 Å². The van der Waals surface area contributed by atoms with Gasteiger partial charge in [0.1, 0.15) is 42.7 Å². The van der Waals surface area contributed by atoms with E-state index in [2.05, 4.69) is 22.6 Å².